The molecule has 1 aromatic rings. The van der Waals surface area contributed by atoms with Crippen LogP contribution in [0.25, 0.3) is 0 Å². The summed E-state index contributed by atoms with van der Waals surface area (Å²) in [5.74, 6) is -0.485. The topological polar surface area (TPSA) is 59.1 Å². The van der Waals surface area contributed by atoms with Gasteiger partial charge in [0.1, 0.15) is 5.75 Å². The van der Waals surface area contributed by atoms with Crippen LogP contribution in [0.5, 0.6) is 5.75 Å². The second-order valence-electron chi connectivity index (χ2n) is 8.62. The van der Waals surface area contributed by atoms with Crippen molar-refractivity contribution in [2.24, 2.45) is 5.92 Å². The van der Waals surface area contributed by atoms with E-state index in [-0.39, 0.29) is 12.5 Å². The number of carbonyl (C=O) groups excluding carboxylic acids is 2. The average molecular weight is 406 g/mol. The van der Waals surface area contributed by atoms with Gasteiger partial charge in [-0.3, -0.25) is 9.59 Å². The molecule has 0 radical (unpaired) electrons. The molecule has 2 amide bonds. The van der Waals surface area contributed by atoms with Gasteiger partial charge in [-0.25, -0.2) is 8.78 Å². The molecule has 0 unspecified atom stereocenters. The first kappa shape index (κ1) is 18.8. The summed E-state index contributed by atoms with van der Waals surface area (Å²) in [4.78, 5) is 28.1. The van der Waals surface area contributed by atoms with Crippen LogP contribution in [0.1, 0.15) is 18.4 Å². The van der Waals surface area contributed by atoms with E-state index >= 15 is 8.78 Å². The molecule has 4 aliphatic heterocycles. The van der Waals surface area contributed by atoms with Crippen LogP contribution in [-0.2, 0) is 20.7 Å². The Morgan fingerprint density at radius 3 is 2.62 bits per heavy atom. The van der Waals surface area contributed by atoms with Crippen molar-refractivity contribution in [3.8, 4) is 5.75 Å². The molecule has 156 valence electrons. The highest BCUT2D eigenvalue weighted by molar-refractivity contribution is 5.93. The minimum Gasteiger partial charge on any atom is -0.480 e. The third-order valence-electron chi connectivity index (χ3n) is 6.68. The third-order valence-corrected chi connectivity index (χ3v) is 6.68. The molecule has 4 aliphatic rings. The molecule has 6 nitrogen and oxygen atoms in total. The van der Waals surface area contributed by atoms with E-state index in [0.29, 0.717) is 31.9 Å². The predicted octanol–water partition coefficient (Wildman–Crippen LogP) is 1.52. The van der Waals surface area contributed by atoms with Crippen molar-refractivity contribution in [1.82, 2.24) is 9.80 Å². The number of para-hydroxylation sites is 1. The Balaban J connectivity index is 1.27. The van der Waals surface area contributed by atoms with Gasteiger partial charge in [0, 0.05) is 26.2 Å². The summed E-state index contributed by atoms with van der Waals surface area (Å²) in [5.41, 5.74) is -4.16. The SMILES string of the molecule is O=C([C@@H]1Cc2ccccc2O1)N1C[C@]2(F)CN(CC3CCOCC3)C(=O)[C@]2(F)C1. The fourth-order valence-electron chi connectivity index (χ4n) is 5.02. The number of hydrogen-bond acceptors (Lipinski definition) is 4. The van der Waals surface area contributed by atoms with Crippen molar-refractivity contribution in [1.29, 1.82) is 0 Å². The molecule has 4 heterocycles. The van der Waals surface area contributed by atoms with E-state index in [0.717, 1.165) is 23.3 Å². The number of fused-ring (bicyclic) bond motifs is 2. The molecule has 3 fully saturated rings. The lowest BCUT2D eigenvalue weighted by atomic mass is 9.93. The Bertz CT molecular complexity index is 821. The lowest BCUT2D eigenvalue weighted by molar-refractivity contribution is -0.142. The second-order valence-corrected chi connectivity index (χ2v) is 8.62. The van der Waals surface area contributed by atoms with Crippen LogP contribution in [-0.4, -0.2) is 78.4 Å². The minimum atomic E-state index is -2.68. The standard InChI is InChI=1S/C21H24F2N2O4/c22-20-11-24(10-14-5-7-28-8-6-14)19(27)21(20,23)13-25(12-20)18(26)17-9-15-3-1-2-4-16(15)29-17/h1-4,14,17H,5-13H2/t17-,20+,21+/m0/s1. The van der Waals surface area contributed by atoms with Crippen molar-refractivity contribution in [3.63, 3.8) is 0 Å². The zero-order valence-electron chi connectivity index (χ0n) is 16.1. The zero-order valence-corrected chi connectivity index (χ0v) is 16.1. The lowest BCUT2D eigenvalue weighted by Crippen LogP contribution is -2.48. The largest absolute Gasteiger partial charge is 0.480 e. The molecular weight excluding hydrogens is 382 g/mol. The van der Waals surface area contributed by atoms with Crippen LogP contribution in [0.4, 0.5) is 8.78 Å². The van der Waals surface area contributed by atoms with Crippen LogP contribution in [0, 0.1) is 5.92 Å². The van der Waals surface area contributed by atoms with Crippen molar-refractivity contribution in [2.45, 2.75) is 36.7 Å². The van der Waals surface area contributed by atoms with Gasteiger partial charge in [-0.2, -0.15) is 0 Å². The summed E-state index contributed by atoms with van der Waals surface area (Å²) in [5, 5.41) is 0. The van der Waals surface area contributed by atoms with Gasteiger partial charge in [0.05, 0.1) is 19.6 Å². The maximum atomic E-state index is 15.6. The number of carbonyl (C=O) groups is 2. The smallest absolute Gasteiger partial charge is 0.265 e. The molecule has 1 aromatic carbocycles. The first-order valence-electron chi connectivity index (χ1n) is 10.2. The Morgan fingerprint density at radius 1 is 1.14 bits per heavy atom. The van der Waals surface area contributed by atoms with Crippen LogP contribution < -0.4 is 4.74 Å². The van der Waals surface area contributed by atoms with E-state index < -0.39 is 42.3 Å². The first-order valence-corrected chi connectivity index (χ1v) is 10.2. The van der Waals surface area contributed by atoms with Gasteiger partial charge in [0.2, 0.25) is 5.67 Å². The highest BCUT2D eigenvalue weighted by Gasteiger charge is 2.72. The monoisotopic (exact) mass is 406 g/mol. The number of hydrogen-bond donors (Lipinski definition) is 0. The van der Waals surface area contributed by atoms with Gasteiger partial charge in [-0.1, -0.05) is 18.2 Å². The number of rotatable bonds is 3. The van der Waals surface area contributed by atoms with Crippen LogP contribution >= 0.6 is 0 Å². The number of ether oxygens (including phenoxy) is 2. The van der Waals surface area contributed by atoms with Crippen LogP contribution in [0.3, 0.4) is 0 Å². The van der Waals surface area contributed by atoms with Gasteiger partial charge in [-0.05, 0) is 30.4 Å². The first-order chi connectivity index (χ1) is 13.9. The number of nitrogens with zero attached hydrogens (tertiary/aromatic N) is 2. The van der Waals surface area contributed by atoms with Gasteiger partial charge in [0.15, 0.2) is 11.8 Å². The Hall–Kier alpha value is -2.22. The molecule has 0 aromatic heterocycles. The fourth-order valence-corrected chi connectivity index (χ4v) is 5.02. The summed E-state index contributed by atoms with van der Waals surface area (Å²) in [6, 6.07) is 7.30. The highest BCUT2D eigenvalue weighted by atomic mass is 19.2. The van der Waals surface area contributed by atoms with Crippen molar-refractivity contribution < 1.29 is 27.8 Å². The summed E-state index contributed by atoms with van der Waals surface area (Å²) in [6.07, 6.45) is 1.14. The van der Waals surface area contributed by atoms with Crippen molar-refractivity contribution in [2.75, 3.05) is 39.4 Å². The van der Waals surface area contributed by atoms with Gasteiger partial charge < -0.3 is 19.3 Å². The summed E-state index contributed by atoms with van der Waals surface area (Å²) in [6.45, 7) is 0.278. The zero-order chi connectivity index (χ0) is 20.2. The fraction of sp³-hybridized carbons (Fsp3) is 0.619. The van der Waals surface area contributed by atoms with Gasteiger partial charge >= 0.3 is 0 Å². The Kier molecular flexibility index (Phi) is 4.31. The Labute approximate surface area is 167 Å². The van der Waals surface area contributed by atoms with E-state index in [9.17, 15) is 9.59 Å². The molecule has 0 N–H and O–H groups in total. The minimum absolute atomic E-state index is 0.196. The van der Waals surface area contributed by atoms with E-state index in [1.54, 1.807) is 6.07 Å². The number of likely N-dealkylation sites (tertiary alicyclic amines) is 2. The Morgan fingerprint density at radius 2 is 1.90 bits per heavy atom. The molecule has 5 rings (SSSR count). The van der Waals surface area contributed by atoms with Gasteiger partial charge in [0.25, 0.3) is 11.8 Å². The normalized spacial score (nSPS) is 34.3. The maximum Gasteiger partial charge on any atom is 0.265 e. The highest BCUT2D eigenvalue weighted by Crippen LogP contribution is 2.46. The average Bonchev–Trinajstić information content (AvgIpc) is 3.31. The molecule has 0 saturated carbocycles. The second kappa shape index (κ2) is 6.65. The number of benzene rings is 1. The van der Waals surface area contributed by atoms with Crippen LogP contribution in [0.15, 0.2) is 24.3 Å². The van der Waals surface area contributed by atoms with Crippen LogP contribution in [0.2, 0.25) is 0 Å². The number of alkyl halides is 2. The van der Waals surface area contributed by atoms with E-state index in [1.165, 1.54) is 4.90 Å². The molecular formula is C21H24F2N2O4. The number of halogens is 2. The van der Waals surface area contributed by atoms with E-state index in [2.05, 4.69) is 0 Å². The molecule has 0 aliphatic carbocycles. The van der Waals surface area contributed by atoms with Crippen molar-refractivity contribution >= 4 is 11.8 Å². The predicted molar refractivity (Wildman–Crippen MR) is 98.9 cm³/mol. The summed E-state index contributed by atoms with van der Waals surface area (Å²) >= 11 is 0. The molecule has 0 spiro atoms. The van der Waals surface area contributed by atoms with Crippen molar-refractivity contribution in [3.05, 3.63) is 29.8 Å². The van der Waals surface area contributed by atoms with E-state index in [1.807, 2.05) is 18.2 Å². The molecule has 0 bridgehead atoms. The maximum absolute atomic E-state index is 15.6. The molecule has 29 heavy (non-hydrogen) atoms. The molecule has 3 atom stereocenters. The summed E-state index contributed by atoms with van der Waals surface area (Å²) < 4.78 is 42.2. The lowest BCUT2D eigenvalue weighted by Gasteiger charge is -2.29. The third kappa shape index (κ3) is 2.91. The molecule has 3 saturated heterocycles. The number of amides is 2. The van der Waals surface area contributed by atoms with Gasteiger partial charge in [-0.15, -0.1) is 0 Å². The molecule has 8 heteroatoms. The summed E-state index contributed by atoms with van der Waals surface area (Å²) in [7, 11) is 0. The van der Waals surface area contributed by atoms with E-state index in [4.69, 9.17) is 9.47 Å². The quantitative estimate of drug-likeness (QED) is 0.764.